The van der Waals surface area contributed by atoms with E-state index in [1.54, 1.807) is 0 Å². The molecule has 1 aromatic carbocycles. The predicted molar refractivity (Wildman–Crippen MR) is 72.6 cm³/mol. The van der Waals surface area contributed by atoms with Crippen LogP contribution in [0.2, 0.25) is 0 Å². The molecule has 0 atom stereocenters. The Balaban J connectivity index is 2.94. The number of hydrogen-bond donors (Lipinski definition) is 2. The molecule has 0 fully saturated rings. The van der Waals surface area contributed by atoms with E-state index in [4.69, 9.17) is 11.1 Å². The van der Waals surface area contributed by atoms with Gasteiger partial charge >= 0.3 is 6.18 Å². The number of nitrogen functional groups attached to an aromatic ring is 1. The number of alkyl halides is 3. The molecule has 0 saturated heterocycles. The monoisotopic (exact) mass is 290 g/mol. The van der Waals surface area contributed by atoms with Gasteiger partial charge in [-0.1, -0.05) is 13.8 Å². The van der Waals surface area contributed by atoms with Crippen LogP contribution in [0, 0.1) is 11.3 Å². The van der Waals surface area contributed by atoms with E-state index in [0.29, 0.717) is 10.8 Å². The third kappa shape index (κ3) is 4.78. The molecule has 0 radical (unpaired) electrons. The maximum Gasteiger partial charge on any atom is 0.417 e. The van der Waals surface area contributed by atoms with Gasteiger partial charge in [0.25, 0.3) is 0 Å². The lowest BCUT2D eigenvalue weighted by Crippen LogP contribution is -2.18. The normalized spacial score (nSPS) is 11.9. The molecule has 1 aromatic rings. The second kappa shape index (κ2) is 6.32. The molecule has 0 aliphatic rings. The van der Waals surface area contributed by atoms with Crippen molar-refractivity contribution in [3.8, 4) is 0 Å². The summed E-state index contributed by atoms with van der Waals surface area (Å²) in [6.07, 6.45) is -3.50. The van der Waals surface area contributed by atoms with E-state index >= 15 is 0 Å². The van der Waals surface area contributed by atoms with Gasteiger partial charge in [0.1, 0.15) is 5.84 Å². The Hall–Kier alpha value is -1.17. The van der Waals surface area contributed by atoms with Crippen LogP contribution in [0.3, 0.4) is 0 Å². The number of hydrogen-bond acceptors (Lipinski definition) is 2. The molecule has 6 heteroatoms. The Bertz CT molecular complexity index is 456. The number of amidine groups is 1. The molecule has 0 aromatic heterocycles. The summed E-state index contributed by atoms with van der Waals surface area (Å²) in [5.74, 6) is 0.827. The molecule has 0 spiro atoms. The number of nitrogens with one attached hydrogen (secondary N) is 1. The van der Waals surface area contributed by atoms with Gasteiger partial charge in [-0.3, -0.25) is 5.41 Å². The zero-order valence-electron chi connectivity index (χ0n) is 10.8. The van der Waals surface area contributed by atoms with E-state index in [9.17, 15) is 13.2 Å². The molecule has 3 N–H and O–H groups in total. The van der Waals surface area contributed by atoms with Gasteiger partial charge in [-0.15, -0.1) is 11.8 Å². The number of nitrogens with two attached hydrogens (primary N) is 1. The van der Waals surface area contributed by atoms with Crippen LogP contribution >= 0.6 is 11.8 Å². The van der Waals surface area contributed by atoms with Crippen molar-refractivity contribution in [3.05, 3.63) is 29.3 Å². The minimum atomic E-state index is -4.48. The van der Waals surface area contributed by atoms with E-state index in [-0.39, 0.29) is 5.56 Å². The van der Waals surface area contributed by atoms with Crippen LogP contribution in [0.1, 0.15) is 31.4 Å². The molecule has 106 valence electrons. The third-order valence-electron chi connectivity index (χ3n) is 2.55. The van der Waals surface area contributed by atoms with Crippen molar-refractivity contribution in [2.24, 2.45) is 11.7 Å². The number of rotatable bonds is 5. The van der Waals surface area contributed by atoms with Crippen LogP contribution in [0.4, 0.5) is 13.2 Å². The van der Waals surface area contributed by atoms with Crippen molar-refractivity contribution in [1.82, 2.24) is 0 Å². The molecule has 1 rings (SSSR count). The molecular weight excluding hydrogens is 273 g/mol. The molecule has 0 bridgehead atoms. The van der Waals surface area contributed by atoms with Gasteiger partial charge in [0.15, 0.2) is 0 Å². The smallest absolute Gasteiger partial charge is 0.384 e. The van der Waals surface area contributed by atoms with Crippen LogP contribution < -0.4 is 5.73 Å². The highest BCUT2D eigenvalue weighted by atomic mass is 32.2. The Morgan fingerprint density at radius 1 is 1.37 bits per heavy atom. The maximum absolute atomic E-state index is 12.7. The minimum Gasteiger partial charge on any atom is -0.384 e. The van der Waals surface area contributed by atoms with Crippen molar-refractivity contribution >= 4 is 17.6 Å². The molecule has 0 amide bonds. The van der Waals surface area contributed by atoms with E-state index in [1.165, 1.54) is 23.9 Å². The zero-order valence-corrected chi connectivity index (χ0v) is 11.7. The largest absolute Gasteiger partial charge is 0.417 e. The van der Waals surface area contributed by atoms with Crippen molar-refractivity contribution in [3.63, 3.8) is 0 Å². The predicted octanol–water partition coefficient (Wildman–Crippen LogP) is 4.13. The Morgan fingerprint density at radius 3 is 2.47 bits per heavy atom. The van der Waals surface area contributed by atoms with Gasteiger partial charge in [-0.05, 0) is 36.3 Å². The van der Waals surface area contributed by atoms with Gasteiger partial charge < -0.3 is 5.73 Å². The number of halogens is 3. The van der Waals surface area contributed by atoms with Crippen LogP contribution in [-0.4, -0.2) is 11.6 Å². The topological polar surface area (TPSA) is 49.9 Å². The quantitative estimate of drug-likeness (QED) is 0.486. The molecule has 0 heterocycles. The molecule has 0 aliphatic carbocycles. The highest BCUT2D eigenvalue weighted by Crippen LogP contribution is 2.34. The van der Waals surface area contributed by atoms with E-state index < -0.39 is 17.6 Å². The van der Waals surface area contributed by atoms with Gasteiger partial charge in [0.2, 0.25) is 0 Å². The third-order valence-corrected chi connectivity index (χ3v) is 3.58. The maximum atomic E-state index is 12.7. The molecule has 0 aliphatic heterocycles. The molecule has 0 unspecified atom stereocenters. The summed E-state index contributed by atoms with van der Waals surface area (Å²) < 4.78 is 38.2. The van der Waals surface area contributed by atoms with E-state index in [0.717, 1.165) is 18.2 Å². The first-order chi connectivity index (χ1) is 8.71. The summed E-state index contributed by atoms with van der Waals surface area (Å²) in [5, 5.41) is 7.27. The van der Waals surface area contributed by atoms with Crippen molar-refractivity contribution in [2.45, 2.75) is 31.3 Å². The highest BCUT2D eigenvalue weighted by Gasteiger charge is 2.34. The van der Waals surface area contributed by atoms with Gasteiger partial charge in [-0.25, -0.2) is 0 Å². The minimum absolute atomic E-state index is 0.248. The highest BCUT2D eigenvalue weighted by molar-refractivity contribution is 7.99. The van der Waals surface area contributed by atoms with E-state index in [1.807, 2.05) is 0 Å². The van der Waals surface area contributed by atoms with Crippen LogP contribution in [0.5, 0.6) is 0 Å². The Labute approximate surface area is 115 Å². The van der Waals surface area contributed by atoms with Crippen LogP contribution in [0.25, 0.3) is 0 Å². The summed E-state index contributed by atoms with van der Waals surface area (Å²) in [4.78, 5) is 0.707. The van der Waals surface area contributed by atoms with E-state index in [2.05, 4.69) is 13.8 Å². The SMILES string of the molecule is CC(C)CCSc1ccc(C(F)(F)F)c(C(=N)N)c1. The fourth-order valence-electron chi connectivity index (χ4n) is 1.50. The Morgan fingerprint density at radius 2 is 2.00 bits per heavy atom. The Kier molecular flexibility index (Phi) is 5.29. The molecule has 2 nitrogen and oxygen atoms in total. The first-order valence-corrected chi connectivity index (χ1v) is 6.89. The van der Waals surface area contributed by atoms with Crippen molar-refractivity contribution < 1.29 is 13.2 Å². The lowest BCUT2D eigenvalue weighted by Gasteiger charge is -2.13. The lowest BCUT2D eigenvalue weighted by atomic mass is 10.1. The second-order valence-electron chi connectivity index (χ2n) is 4.65. The first-order valence-electron chi connectivity index (χ1n) is 5.90. The average molecular weight is 290 g/mol. The van der Waals surface area contributed by atoms with Gasteiger partial charge in [0.05, 0.1) is 5.56 Å². The number of thioether (sulfide) groups is 1. The lowest BCUT2D eigenvalue weighted by molar-refractivity contribution is -0.137. The summed E-state index contributed by atoms with van der Waals surface area (Å²) >= 11 is 1.48. The van der Waals surface area contributed by atoms with Crippen molar-refractivity contribution in [1.29, 1.82) is 5.41 Å². The summed E-state index contributed by atoms with van der Waals surface area (Å²) in [6, 6.07) is 3.77. The first kappa shape index (κ1) is 15.9. The second-order valence-corrected chi connectivity index (χ2v) is 5.82. The molecule has 0 saturated carbocycles. The summed E-state index contributed by atoms with van der Waals surface area (Å²) in [7, 11) is 0. The van der Waals surface area contributed by atoms with Crippen LogP contribution in [-0.2, 0) is 6.18 Å². The summed E-state index contributed by atoms with van der Waals surface area (Å²) in [5.41, 5.74) is 4.13. The van der Waals surface area contributed by atoms with Crippen LogP contribution in [0.15, 0.2) is 23.1 Å². The van der Waals surface area contributed by atoms with Crippen molar-refractivity contribution in [2.75, 3.05) is 5.75 Å². The molecule has 19 heavy (non-hydrogen) atoms. The van der Waals surface area contributed by atoms with Gasteiger partial charge in [-0.2, -0.15) is 13.2 Å². The zero-order chi connectivity index (χ0) is 14.6. The standard InChI is InChI=1S/C13H17F3N2S/c1-8(2)5-6-19-9-3-4-11(13(14,15)16)10(7-9)12(17)18/h3-4,7-8H,5-6H2,1-2H3,(H3,17,18). The fourth-order valence-corrected chi connectivity index (χ4v) is 2.69. The van der Waals surface area contributed by atoms with Gasteiger partial charge in [0, 0.05) is 10.5 Å². The number of benzene rings is 1. The molecular formula is C13H17F3N2S. The average Bonchev–Trinajstić information content (AvgIpc) is 2.26. The summed E-state index contributed by atoms with van der Waals surface area (Å²) in [6.45, 7) is 4.18. The fraction of sp³-hybridized carbons (Fsp3) is 0.462.